The first-order valence-electron chi connectivity index (χ1n) is 11.6. The van der Waals surface area contributed by atoms with Gasteiger partial charge in [0, 0.05) is 32.1 Å². The van der Waals surface area contributed by atoms with Gasteiger partial charge in [-0.15, -0.1) is 0 Å². The third kappa shape index (κ3) is 4.87. The number of aliphatic hydroxyl groups is 1. The minimum absolute atomic E-state index is 0.000369. The quantitative estimate of drug-likeness (QED) is 0.456. The highest BCUT2D eigenvalue weighted by Gasteiger charge is 2.33. The number of nitrogens with zero attached hydrogens (tertiary/aromatic N) is 5. The number of hydrogen-bond acceptors (Lipinski definition) is 5. The van der Waals surface area contributed by atoms with Crippen LogP contribution in [0.2, 0.25) is 0 Å². The van der Waals surface area contributed by atoms with Crippen LogP contribution in [0.4, 0.5) is 8.78 Å². The Morgan fingerprint density at radius 1 is 1.06 bits per heavy atom. The lowest BCUT2D eigenvalue weighted by atomic mass is 9.91. The predicted octanol–water partition coefficient (Wildman–Crippen LogP) is 3.72. The Balaban J connectivity index is 1.25. The van der Waals surface area contributed by atoms with Crippen LogP contribution in [0.3, 0.4) is 0 Å². The van der Waals surface area contributed by atoms with Gasteiger partial charge in [0.2, 0.25) is 0 Å². The molecule has 2 aromatic carbocycles. The second kappa shape index (κ2) is 8.98. The summed E-state index contributed by atoms with van der Waals surface area (Å²) < 4.78 is 29.9. The van der Waals surface area contributed by atoms with E-state index >= 15 is 0 Å². The fourth-order valence-electron chi connectivity index (χ4n) is 4.58. The number of piperidine rings is 1. The molecule has 1 aliphatic rings. The van der Waals surface area contributed by atoms with Crippen molar-refractivity contribution < 1.29 is 13.9 Å². The average molecular weight is 480 g/mol. The molecule has 1 aliphatic heterocycles. The third-order valence-corrected chi connectivity index (χ3v) is 6.67. The van der Waals surface area contributed by atoms with E-state index in [1.807, 2.05) is 30.3 Å². The Bertz CT molecular complexity index is 1370. The van der Waals surface area contributed by atoms with E-state index in [0.29, 0.717) is 43.5 Å². The highest BCUT2D eigenvalue weighted by atomic mass is 19.3. The number of rotatable bonds is 6. The molecule has 0 amide bonds. The Kier molecular flexibility index (Phi) is 5.98. The first kappa shape index (κ1) is 23.3. The van der Waals surface area contributed by atoms with E-state index in [4.69, 9.17) is 0 Å². The van der Waals surface area contributed by atoms with Crippen molar-refractivity contribution in [3.8, 4) is 5.69 Å². The summed E-state index contributed by atoms with van der Waals surface area (Å²) in [5.41, 5.74) is 0.978. The molecule has 1 N–H and O–H groups in total. The second-order valence-corrected chi connectivity index (χ2v) is 9.39. The maximum Gasteiger partial charge on any atom is 0.270 e. The summed E-state index contributed by atoms with van der Waals surface area (Å²) in [6, 6.07) is 15.9. The van der Waals surface area contributed by atoms with Gasteiger partial charge >= 0.3 is 0 Å². The molecule has 0 radical (unpaired) electrons. The molecule has 2 aromatic heterocycles. The monoisotopic (exact) mass is 479 g/mol. The molecule has 4 aromatic rings. The van der Waals surface area contributed by atoms with Crippen LogP contribution in [-0.2, 0) is 19.0 Å². The number of benzene rings is 2. The zero-order valence-electron chi connectivity index (χ0n) is 19.4. The summed E-state index contributed by atoms with van der Waals surface area (Å²) in [5.74, 6) is -2.85. The number of halogens is 2. The minimum Gasteiger partial charge on any atom is -0.388 e. The zero-order chi connectivity index (χ0) is 24.6. The van der Waals surface area contributed by atoms with Crippen LogP contribution < -0.4 is 5.56 Å². The van der Waals surface area contributed by atoms with E-state index in [0.717, 1.165) is 18.2 Å². The maximum absolute atomic E-state index is 13.4. The molecule has 0 spiro atoms. The normalized spacial score (nSPS) is 16.6. The number of hydrogen-bond donors (Lipinski definition) is 1. The summed E-state index contributed by atoms with van der Waals surface area (Å²) >= 11 is 0. The van der Waals surface area contributed by atoms with Crippen molar-refractivity contribution in [2.75, 3.05) is 13.1 Å². The second-order valence-electron chi connectivity index (χ2n) is 9.39. The Hall–Kier alpha value is -3.43. The van der Waals surface area contributed by atoms with Crippen LogP contribution in [-0.4, -0.2) is 48.0 Å². The molecule has 1 fully saturated rings. The molecule has 0 saturated carbocycles. The molecule has 0 aliphatic carbocycles. The van der Waals surface area contributed by atoms with Gasteiger partial charge in [0.05, 0.1) is 24.0 Å². The van der Waals surface area contributed by atoms with E-state index in [-0.39, 0.29) is 17.7 Å². The number of likely N-dealkylation sites (tertiary alicyclic amines) is 1. The topological polar surface area (TPSA) is 76.2 Å². The van der Waals surface area contributed by atoms with E-state index in [9.17, 15) is 18.7 Å². The molecule has 9 heteroatoms. The molecule has 35 heavy (non-hydrogen) atoms. The lowest BCUT2D eigenvalue weighted by Gasteiger charge is -2.38. The van der Waals surface area contributed by atoms with Crippen LogP contribution in [0.1, 0.15) is 30.9 Å². The van der Waals surface area contributed by atoms with Gasteiger partial charge in [0.25, 0.3) is 11.5 Å². The molecule has 0 unspecified atom stereocenters. The SMILES string of the molecule is CC(F)(F)c1ccc(CN2CCC(O)(Cn3cnc4c(cnn4-c4ccccc4)c3=O)CC2)cc1. The summed E-state index contributed by atoms with van der Waals surface area (Å²) in [6.07, 6.45) is 3.97. The summed E-state index contributed by atoms with van der Waals surface area (Å²) in [4.78, 5) is 19.7. The van der Waals surface area contributed by atoms with Crippen molar-refractivity contribution in [2.45, 2.75) is 44.4 Å². The van der Waals surface area contributed by atoms with Crippen LogP contribution in [0, 0.1) is 0 Å². The van der Waals surface area contributed by atoms with E-state index in [2.05, 4.69) is 15.0 Å². The first-order chi connectivity index (χ1) is 16.7. The number of alkyl halides is 2. The van der Waals surface area contributed by atoms with Gasteiger partial charge in [-0.05, 0) is 30.5 Å². The van der Waals surface area contributed by atoms with Gasteiger partial charge < -0.3 is 5.11 Å². The fourth-order valence-corrected chi connectivity index (χ4v) is 4.58. The van der Waals surface area contributed by atoms with Crippen molar-refractivity contribution in [1.29, 1.82) is 0 Å². The van der Waals surface area contributed by atoms with Crippen molar-refractivity contribution in [2.24, 2.45) is 0 Å². The van der Waals surface area contributed by atoms with E-state index < -0.39 is 11.5 Å². The zero-order valence-corrected chi connectivity index (χ0v) is 19.4. The van der Waals surface area contributed by atoms with Gasteiger partial charge in [-0.3, -0.25) is 14.3 Å². The van der Waals surface area contributed by atoms with Crippen molar-refractivity contribution in [3.63, 3.8) is 0 Å². The molecule has 5 rings (SSSR count). The number of aromatic nitrogens is 4. The molecule has 0 atom stereocenters. The van der Waals surface area contributed by atoms with Gasteiger partial charge in [-0.25, -0.2) is 18.4 Å². The predicted molar refractivity (Wildman–Crippen MR) is 129 cm³/mol. The maximum atomic E-state index is 13.4. The fraction of sp³-hybridized carbons (Fsp3) is 0.346. The first-order valence-corrected chi connectivity index (χ1v) is 11.6. The standard InChI is InChI=1S/C26H27F2N5O2/c1-25(27,28)20-9-7-19(8-10-20)16-31-13-11-26(35,12-14-31)17-32-18-29-23-22(24(32)34)15-30-33(23)21-5-3-2-4-6-21/h2-10,15,18,35H,11-14,16-17H2,1H3. The molecule has 3 heterocycles. The highest BCUT2D eigenvalue weighted by molar-refractivity contribution is 5.74. The van der Waals surface area contributed by atoms with E-state index in [1.54, 1.807) is 16.8 Å². The van der Waals surface area contributed by atoms with Crippen molar-refractivity contribution in [3.05, 3.63) is 88.6 Å². The lowest BCUT2D eigenvalue weighted by Crippen LogP contribution is -2.47. The van der Waals surface area contributed by atoms with Crippen LogP contribution in [0.25, 0.3) is 16.7 Å². The molecule has 7 nitrogen and oxygen atoms in total. The smallest absolute Gasteiger partial charge is 0.270 e. The molecular weight excluding hydrogens is 452 g/mol. The lowest BCUT2D eigenvalue weighted by molar-refractivity contribution is -0.0365. The Labute approximate surface area is 201 Å². The molecule has 0 bridgehead atoms. The largest absolute Gasteiger partial charge is 0.388 e. The molecular formula is C26H27F2N5O2. The Morgan fingerprint density at radius 2 is 1.74 bits per heavy atom. The summed E-state index contributed by atoms with van der Waals surface area (Å²) in [5, 5.41) is 15.9. The van der Waals surface area contributed by atoms with Gasteiger partial charge in [0.15, 0.2) is 5.65 Å². The highest BCUT2D eigenvalue weighted by Crippen LogP contribution is 2.28. The third-order valence-electron chi connectivity index (χ3n) is 6.67. The van der Waals surface area contributed by atoms with Crippen LogP contribution in [0.15, 0.2) is 71.9 Å². The summed E-state index contributed by atoms with van der Waals surface area (Å²) in [7, 11) is 0. The van der Waals surface area contributed by atoms with Gasteiger partial charge in [0.1, 0.15) is 11.7 Å². The average Bonchev–Trinajstić information content (AvgIpc) is 3.28. The number of fused-ring (bicyclic) bond motifs is 1. The number of para-hydroxylation sites is 1. The molecule has 182 valence electrons. The van der Waals surface area contributed by atoms with Crippen molar-refractivity contribution in [1.82, 2.24) is 24.2 Å². The van der Waals surface area contributed by atoms with Crippen molar-refractivity contribution >= 4 is 11.0 Å². The van der Waals surface area contributed by atoms with E-state index in [1.165, 1.54) is 29.2 Å². The van der Waals surface area contributed by atoms with Gasteiger partial charge in [-0.1, -0.05) is 42.5 Å². The summed E-state index contributed by atoms with van der Waals surface area (Å²) in [6.45, 7) is 2.94. The van der Waals surface area contributed by atoms with Gasteiger partial charge in [-0.2, -0.15) is 5.10 Å². The Morgan fingerprint density at radius 3 is 2.40 bits per heavy atom. The van der Waals surface area contributed by atoms with Crippen LogP contribution >= 0.6 is 0 Å². The minimum atomic E-state index is -2.85. The van der Waals surface area contributed by atoms with Crippen LogP contribution in [0.5, 0.6) is 0 Å². The molecule has 1 saturated heterocycles.